The Kier molecular flexibility index (Phi) is 2.43. The maximum absolute atomic E-state index is 4.80. The van der Waals surface area contributed by atoms with E-state index in [1.54, 1.807) is 0 Å². The van der Waals surface area contributed by atoms with Crippen LogP contribution in [-0.2, 0) is 12.8 Å². The van der Waals surface area contributed by atoms with Crippen LogP contribution in [0.1, 0.15) is 28.9 Å². The fourth-order valence-electron chi connectivity index (χ4n) is 3.25. The molecule has 3 heteroatoms. The topological polar surface area (TPSA) is 30.7 Å². The van der Waals surface area contributed by atoms with E-state index in [2.05, 4.69) is 42.8 Å². The number of nitrogens with zero attached hydrogens (tertiary/aromatic N) is 3. The average Bonchev–Trinajstić information content (AvgIpc) is 3.03. The zero-order chi connectivity index (χ0) is 13.7. The molecular weight excluding hydrogens is 246 g/mol. The highest BCUT2D eigenvalue weighted by Gasteiger charge is 2.21. The van der Waals surface area contributed by atoms with Crippen molar-refractivity contribution in [2.75, 3.05) is 0 Å². The van der Waals surface area contributed by atoms with E-state index in [9.17, 15) is 0 Å². The molecule has 1 aliphatic carbocycles. The molecule has 1 aromatic carbocycles. The molecule has 2 heterocycles. The standard InChI is InChI=1S/C17H17N3/c1-11-10-17(18-15-8-4-3-6-13(11)15)20-16-9-5-7-14(16)12(2)19-20/h3-4,6,8,10H,5,7,9H2,1-2H3. The molecule has 2 aromatic heterocycles. The van der Waals surface area contributed by atoms with Crippen LogP contribution in [0, 0.1) is 13.8 Å². The van der Waals surface area contributed by atoms with Gasteiger partial charge in [-0.15, -0.1) is 0 Å². The van der Waals surface area contributed by atoms with E-state index in [-0.39, 0.29) is 0 Å². The lowest BCUT2D eigenvalue weighted by molar-refractivity contribution is 0.759. The van der Waals surface area contributed by atoms with Crippen molar-refractivity contribution in [2.24, 2.45) is 0 Å². The molecule has 1 aliphatic rings. The molecule has 3 nitrogen and oxygen atoms in total. The fraction of sp³-hybridized carbons (Fsp3) is 0.294. The SMILES string of the molecule is Cc1nn(-c2cc(C)c3ccccc3n2)c2c1CCC2. The summed E-state index contributed by atoms with van der Waals surface area (Å²) in [4.78, 5) is 4.80. The van der Waals surface area contributed by atoms with Crippen LogP contribution < -0.4 is 0 Å². The molecule has 0 radical (unpaired) electrons. The summed E-state index contributed by atoms with van der Waals surface area (Å²) in [5, 5.41) is 5.92. The van der Waals surface area contributed by atoms with Crippen molar-refractivity contribution in [3.63, 3.8) is 0 Å². The summed E-state index contributed by atoms with van der Waals surface area (Å²) < 4.78 is 2.05. The summed E-state index contributed by atoms with van der Waals surface area (Å²) in [5.41, 5.74) is 6.24. The molecule has 0 unspecified atom stereocenters. The molecule has 0 amide bonds. The Morgan fingerprint density at radius 2 is 1.95 bits per heavy atom. The normalized spacial score (nSPS) is 13.9. The molecule has 0 saturated carbocycles. The van der Waals surface area contributed by atoms with Crippen LogP contribution in [0.4, 0.5) is 0 Å². The van der Waals surface area contributed by atoms with Gasteiger partial charge in [-0.2, -0.15) is 5.10 Å². The van der Waals surface area contributed by atoms with E-state index < -0.39 is 0 Å². The van der Waals surface area contributed by atoms with Crippen LogP contribution in [-0.4, -0.2) is 14.8 Å². The van der Waals surface area contributed by atoms with Crippen LogP contribution in [0.5, 0.6) is 0 Å². The molecule has 0 N–H and O–H groups in total. The van der Waals surface area contributed by atoms with E-state index in [4.69, 9.17) is 10.1 Å². The molecular formula is C17H17N3. The van der Waals surface area contributed by atoms with Crippen LogP contribution in [0.2, 0.25) is 0 Å². The van der Waals surface area contributed by atoms with Gasteiger partial charge in [-0.05, 0) is 56.4 Å². The van der Waals surface area contributed by atoms with Gasteiger partial charge in [-0.1, -0.05) is 18.2 Å². The zero-order valence-electron chi connectivity index (χ0n) is 11.8. The molecule has 0 spiro atoms. The number of hydrogen-bond acceptors (Lipinski definition) is 2. The molecule has 0 atom stereocenters. The van der Waals surface area contributed by atoms with Gasteiger partial charge in [0.25, 0.3) is 0 Å². The molecule has 0 saturated heterocycles. The number of pyridine rings is 1. The third-order valence-corrected chi connectivity index (χ3v) is 4.26. The summed E-state index contributed by atoms with van der Waals surface area (Å²) in [6.45, 7) is 4.25. The van der Waals surface area contributed by atoms with Crippen molar-refractivity contribution in [1.29, 1.82) is 0 Å². The van der Waals surface area contributed by atoms with E-state index in [1.165, 1.54) is 28.6 Å². The minimum Gasteiger partial charge on any atom is -0.229 e. The Morgan fingerprint density at radius 1 is 1.10 bits per heavy atom. The zero-order valence-corrected chi connectivity index (χ0v) is 11.8. The van der Waals surface area contributed by atoms with Gasteiger partial charge in [0, 0.05) is 11.1 Å². The molecule has 4 rings (SSSR count). The van der Waals surface area contributed by atoms with E-state index in [0.717, 1.165) is 29.9 Å². The molecule has 0 aliphatic heterocycles. The minimum absolute atomic E-state index is 0.951. The van der Waals surface area contributed by atoms with Crippen molar-refractivity contribution in [3.05, 3.63) is 52.8 Å². The largest absolute Gasteiger partial charge is 0.229 e. The summed E-state index contributed by atoms with van der Waals surface area (Å²) in [5.74, 6) is 0.951. The highest BCUT2D eigenvalue weighted by molar-refractivity contribution is 5.82. The van der Waals surface area contributed by atoms with E-state index >= 15 is 0 Å². The maximum atomic E-state index is 4.80. The number of benzene rings is 1. The van der Waals surface area contributed by atoms with Gasteiger partial charge in [0.2, 0.25) is 0 Å². The Bertz CT molecular complexity index is 814. The third kappa shape index (κ3) is 1.59. The molecule has 0 bridgehead atoms. The van der Waals surface area contributed by atoms with Crippen molar-refractivity contribution in [3.8, 4) is 5.82 Å². The Morgan fingerprint density at radius 3 is 2.85 bits per heavy atom. The predicted octanol–water partition coefficient (Wildman–Crippen LogP) is 3.53. The summed E-state index contributed by atoms with van der Waals surface area (Å²) in [6, 6.07) is 10.4. The highest BCUT2D eigenvalue weighted by Crippen LogP contribution is 2.28. The first-order valence-corrected chi connectivity index (χ1v) is 7.18. The summed E-state index contributed by atoms with van der Waals surface area (Å²) in [7, 11) is 0. The van der Waals surface area contributed by atoms with Crippen LogP contribution >= 0.6 is 0 Å². The first-order chi connectivity index (χ1) is 9.74. The number of fused-ring (bicyclic) bond motifs is 2. The highest BCUT2D eigenvalue weighted by atomic mass is 15.3. The fourth-order valence-corrected chi connectivity index (χ4v) is 3.25. The number of rotatable bonds is 1. The van der Waals surface area contributed by atoms with Crippen LogP contribution in [0.15, 0.2) is 30.3 Å². The Balaban J connectivity index is 1.97. The van der Waals surface area contributed by atoms with Gasteiger partial charge in [0.05, 0.1) is 11.2 Å². The van der Waals surface area contributed by atoms with Gasteiger partial charge >= 0.3 is 0 Å². The van der Waals surface area contributed by atoms with Gasteiger partial charge in [0.15, 0.2) is 5.82 Å². The average molecular weight is 263 g/mol. The number of hydrogen-bond donors (Lipinski definition) is 0. The Labute approximate surface area is 118 Å². The summed E-state index contributed by atoms with van der Waals surface area (Å²) >= 11 is 0. The molecule has 0 fully saturated rings. The van der Waals surface area contributed by atoms with Crippen molar-refractivity contribution >= 4 is 10.9 Å². The predicted molar refractivity (Wildman–Crippen MR) is 80.4 cm³/mol. The third-order valence-electron chi connectivity index (χ3n) is 4.26. The lowest BCUT2D eigenvalue weighted by Crippen LogP contribution is -2.04. The first kappa shape index (κ1) is 11.6. The monoisotopic (exact) mass is 263 g/mol. The lowest BCUT2D eigenvalue weighted by Gasteiger charge is -2.08. The first-order valence-electron chi connectivity index (χ1n) is 7.18. The van der Waals surface area contributed by atoms with E-state index in [0.29, 0.717) is 0 Å². The smallest absolute Gasteiger partial charge is 0.154 e. The molecule has 100 valence electrons. The van der Waals surface area contributed by atoms with Gasteiger partial charge < -0.3 is 0 Å². The van der Waals surface area contributed by atoms with Gasteiger partial charge in [0.1, 0.15) is 0 Å². The second-order valence-corrected chi connectivity index (χ2v) is 5.59. The minimum atomic E-state index is 0.951. The molecule has 3 aromatic rings. The molecule has 20 heavy (non-hydrogen) atoms. The van der Waals surface area contributed by atoms with Crippen LogP contribution in [0.25, 0.3) is 16.7 Å². The van der Waals surface area contributed by atoms with Crippen molar-refractivity contribution in [2.45, 2.75) is 33.1 Å². The lowest BCUT2D eigenvalue weighted by atomic mass is 10.1. The second kappa shape index (κ2) is 4.17. The number of para-hydroxylation sites is 1. The van der Waals surface area contributed by atoms with Gasteiger partial charge in [-0.25, -0.2) is 9.67 Å². The van der Waals surface area contributed by atoms with E-state index in [1.807, 2.05) is 6.07 Å². The van der Waals surface area contributed by atoms with Crippen molar-refractivity contribution in [1.82, 2.24) is 14.8 Å². The summed E-state index contributed by atoms with van der Waals surface area (Å²) in [6.07, 6.45) is 3.51. The quantitative estimate of drug-likeness (QED) is 0.672. The second-order valence-electron chi connectivity index (χ2n) is 5.59. The van der Waals surface area contributed by atoms with Gasteiger partial charge in [-0.3, -0.25) is 0 Å². The number of aromatic nitrogens is 3. The van der Waals surface area contributed by atoms with Crippen LogP contribution in [0.3, 0.4) is 0 Å². The van der Waals surface area contributed by atoms with Crippen molar-refractivity contribution < 1.29 is 0 Å². The number of aryl methyl sites for hydroxylation is 2. The Hall–Kier alpha value is -2.16. The maximum Gasteiger partial charge on any atom is 0.154 e.